The second-order valence-corrected chi connectivity index (χ2v) is 7.55. The summed E-state index contributed by atoms with van der Waals surface area (Å²) in [4.78, 5) is 0. The number of rotatable bonds is 12. The molecule has 0 aliphatic heterocycles. The molecule has 0 rings (SSSR count). The van der Waals surface area contributed by atoms with E-state index < -0.39 is 59.2 Å². The maximum atomic E-state index is 12.6. The summed E-state index contributed by atoms with van der Waals surface area (Å²) in [5.41, 5.74) is 0. The van der Waals surface area contributed by atoms with Crippen LogP contribution in [0.15, 0.2) is 0 Å². The third-order valence-corrected chi connectivity index (χ3v) is 5.67. The van der Waals surface area contributed by atoms with E-state index in [-0.39, 0.29) is 0 Å². The molecule has 0 radical (unpaired) electrons. The quantitative estimate of drug-likeness (QED) is 0.215. The van der Waals surface area contributed by atoms with Crippen LogP contribution >= 0.6 is 0 Å². The number of ether oxygens (including phenoxy) is 3. The molecule has 0 fully saturated rings. The normalized spacial score (nSPS) is 16.1. The van der Waals surface area contributed by atoms with Crippen molar-refractivity contribution in [3.63, 3.8) is 0 Å². The molecule has 0 aromatic carbocycles. The first-order chi connectivity index (χ1) is 11.4. The van der Waals surface area contributed by atoms with E-state index in [1.807, 2.05) is 0 Å². The fourth-order valence-electron chi connectivity index (χ4n) is 1.72. The Hall–Kier alpha value is -0.443. The summed E-state index contributed by atoms with van der Waals surface area (Å²) in [6.45, 7) is -0.523. The summed E-state index contributed by atoms with van der Waals surface area (Å²) in [7, 11) is 0.167. The van der Waals surface area contributed by atoms with Crippen LogP contribution in [0.3, 0.4) is 0 Å². The van der Waals surface area contributed by atoms with E-state index in [4.69, 9.17) is 27.5 Å². The van der Waals surface area contributed by atoms with Crippen LogP contribution in [0, 0.1) is 0 Å². The van der Waals surface area contributed by atoms with Gasteiger partial charge in [0.2, 0.25) is 0 Å². The van der Waals surface area contributed by atoms with Gasteiger partial charge in [0.1, 0.15) is 0 Å². The van der Waals surface area contributed by atoms with Crippen LogP contribution in [-0.2, 0) is 27.5 Å². The largest absolute Gasteiger partial charge is 0.506 e. The SMILES string of the molecule is COC(OC)(OC)O[Si](CCC(F)(F)F)(OC)OCCCC(F)(F)F. The molecular formula is C12H22F6O6Si. The molecule has 0 spiro atoms. The zero-order valence-corrected chi connectivity index (χ0v) is 15.3. The molecule has 6 nitrogen and oxygen atoms in total. The molecular weight excluding hydrogens is 382 g/mol. The minimum absolute atomic E-state index is 0.475. The number of hydrogen-bond acceptors (Lipinski definition) is 6. The lowest BCUT2D eigenvalue weighted by Crippen LogP contribution is -2.55. The average molecular weight is 404 g/mol. The lowest BCUT2D eigenvalue weighted by molar-refractivity contribution is -0.460. The molecule has 0 aliphatic rings. The second-order valence-electron chi connectivity index (χ2n) is 4.78. The Morgan fingerprint density at radius 2 is 1.24 bits per heavy atom. The lowest BCUT2D eigenvalue weighted by atomic mass is 10.3. The standard InChI is InChI=1S/C12H22F6O6Si/c1-19-12(20-2,21-3)24-25(22-4,9-7-11(16,17)18)23-8-5-6-10(13,14)15/h5-9H2,1-4H3. The Kier molecular flexibility index (Phi) is 9.86. The Bertz CT molecular complexity index is 368. The third-order valence-electron chi connectivity index (χ3n) is 2.98. The van der Waals surface area contributed by atoms with Crippen molar-refractivity contribution in [1.29, 1.82) is 0 Å². The van der Waals surface area contributed by atoms with Crippen LogP contribution in [-0.4, -0.2) is 62.4 Å². The summed E-state index contributed by atoms with van der Waals surface area (Å²) >= 11 is 0. The van der Waals surface area contributed by atoms with Crippen molar-refractivity contribution < 1.29 is 53.8 Å². The van der Waals surface area contributed by atoms with Gasteiger partial charge >= 0.3 is 27.3 Å². The van der Waals surface area contributed by atoms with Gasteiger partial charge in [0.05, 0.1) is 0 Å². The van der Waals surface area contributed by atoms with Gasteiger partial charge < -0.3 is 23.1 Å². The lowest BCUT2D eigenvalue weighted by Gasteiger charge is -2.36. The summed E-state index contributed by atoms with van der Waals surface area (Å²) in [5, 5.41) is 0. The van der Waals surface area contributed by atoms with Crippen LogP contribution in [0.2, 0.25) is 6.04 Å². The van der Waals surface area contributed by atoms with Crippen molar-refractivity contribution in [3.8, 4) is 0 Å². The van der Waals surface area contributed by atoms with Gasteiger partial charge in [-0.15, -0.1) is 0 Å². The van der Waals surface area contributed by atoms with Gasteiger partial charge in [-0.2, -0.15) is 26.3 Å². The molecule has 0 saturated heterocycles. The molecule has 0 N–H and O–H groups in total. The molecule has 0 heterocycles. The molecule has 0 aliphatic carbocycles. The molecule has 0 saturated carbocycles. The molecule has 1 unspecified atom stereocenters. The number of halogens is 6. The summed E-state index contributed by atoms with van der Waals surface area (Å²) in [6.07, 6.45) is -14.1. The van der Waals surface area contributed by atoms with E-state index in [1.54, 1.807) is 0 Å². The van der Waals surface area contributed by atoms with Crippen molar-refractivity contribution in [2.24, 2.45) is 0 Å². The first-order valence-electron chi connectivity index (χ1n) is 7.05. The minimum atomic E-state index is -4.55. The van der Waals surface area contributed by atoms with Gasteiger partial charge in [-0.25, -0.2) is 0 Å². The van der Waals surface area contributed by atoms with Crippen molar-refractivity contribution in [1.82, 2.24) is 0 Å². The van der Waals surface area contributed by atoms with Crippen LogP contribution in [0.5, 0.6) is 0 Å². The van der Waals surface area contributed by atoms with Crippen molar-refractivity contribution in [3.05, 3.63) is 0 Å². The zero-order valence-electron chi connectivity index (χ0n) is 14.3. The highest BCUT2D eigenvalue weighted by molar-refractivity contribution is 6.60. The van der Waals surface area contributed by atoms with E-state index in [1.165, 1.54) is 0 Å². The van der Waals surface area contributed by atoms with E-state index in [0.29, 0.717) is 0 Å². The summed E-state index contributed by atoms with van der Waals surface area (Å²) in [6, 6.07) is -0.753. The minimum Gasteiger partial charge on any atom is -0.377 e. The predicted molar refractivity (Wildman–Crippen MR) is 74.3 cm³/mol. The highest BCUT2D eigenvalue weighted by Gasteiger charge is 2.52. The Labute approximate surface area is 142 Å². The monoisotopic (exact) mass is 404 g/mol. The van der Waals surface area contributed by atoms with Gasteiger partial charge in [-0.3, -0.25) is 4.43 Å². The van der Waals surface area contributed by atoms with Crippen LogP contribution in [0.4, 0.5) is 26.3 Å². The predicted octanol–water partition coefficient (Wildman–Crippen LogP) is 3.45. The van der Waals surface area contributed by atoms with Crippen molar-refractivity contribution >= 4 is 8.80 Å². The Balaban J connectivity index is 5.17. The maximum absolute atomic E-state index is 12.6. The van der Waals surface area contributed by atoms with E-state index in [9.17, 15) is 26.3 Å². The zero-order chi connectivity index (χ0) is 19.8. The van der Waals surface area contributed by atoms with E-state index >= 15 is 0 Å². The third kappa shape index (κ3) is 9.72. The van der Waals surface area contributed by atoms with E-state index in [0.717, 1.165) is 28.4 Å². The first-order valence-corrected chi connectivity index (χ1v) is 8.98. The van der Waals surface area contributed by atoms with Gasteiger partial charge in [-0.05, 0) is 6.42 Å². The van der Waals surface area contributed by atoms with Crippen molar-refractivity contribution in [2.75, 3.05) is 35.0 Å². The topological polar surface area (TPSA) is 55.4 Å². The fraction of sp³-hybridized carbons (Fsp3) is 1.00. The second kappa shape index (κ2) is 10.0. The van der Waals surface area contributed by atoms with Gasteiger partial charge in [0.25, 0.3) is 0 Å². The summed E-state index contributed by atoms with van der Waals surface area (Å²) in [5.74, 6) is 0. The molecule has 25 heavy (non-hydrogen) atoms. The highest BCUT2D eigenvalue weighted by atomic mass is 28.4. The molecule has 0 bridgehead atoms. The Morgan fingerprint density at radius 3 is 1.60 bits per heavy atom. The average Bonchev–Trinajstić information content (AvgIpc) is 2.52. The molecule has 0 aromatic heterocycles. The first kappa shape index (κ1) is 24.6. The number of alkyl halides is 6. The molecule has 13 heteroatoms. The van der Waals surface area contributed by atoms with Gasteiger partial charge in [-0.1, -0.05) is 0 Å². The van der Waals surface area contributed by atoms with Gasteiger partial charge in [0.15, 0.2) is 0 Å². The Morgan fingerprint density at radius 1 is 0.760 bits per heavy atom. The molecule has 0 amide bonds. The smallest absolute Gasteiger partial charge is 0.377 e. The van der Waals surface area contributed by atoms with Crippen LogP contribution < -0.4 is 0 Å². The van der Waals surface area contributed by atoms with Crippen LogP contribution in [0.25, 0.3) is 0 Å². The highest BCUT2D eigenvalue weighted by Crippen LogP contribution is 2.32. The molecule has 1 atom stereocenters. The van der Waals surface area contributed by atoms with Gasteiger partial charge in [0, 0.05) is 53.9 Å². The van der Waals surface area contributed by atoms with Crippen LogP contribution in [0.1, 0.15) is 19.3 Å². The molecule has 0 aromatic rings. The summed E-state index contributed by atoms with van der Waals surface area (Å²) < 4.78 is 104. The number of methoxy groups -OCH3 is 3. The maximum Gasteiger partial charge on any atom is 0.506 e. The molecule has 152 valence electrons. The van der Waals surface area contributed by atoms with Crippen molar-refractivity contribution in [2.45, 2.75) is 43.8 Å². The van der Waals surface area contributed by atoms with E-state index in [2.05, 4.69) is 0 Å². The fourth-order valence-corrected chi connectivity index (χ4v) is 4.10. The number of hydrogen-bond donors (Lipinski definition) is 0.